The van der Waals surface area contributed by atoms with E-state index in [1.165, 1.54) is 20.5 Å². The second-order valence-electron chi connectivity index (χ2n) is 8.12. The van der Waals surface area contributed by atoms with Crippen molar-refractivity contribution in [1.82, 2.24) is 15.0 Å². The van der Waals surface area contributed by atoms with E-state index in [1.807, 2.05) is 31.2 Å². The molecule has 0 bridgehead atoms. The van der Waals surface area contributed by atoms with Crippen molar-refractivity contribution in [3.63, 3.8) is 0 Å². The van der Waals surface area contributed by atoms with E-state index >= 15 is 0 Å². The third-order valence-electron chi connectivity index (χ3n) is 5.69. The van der Waals surface area contributed by atoms with Crippen LogP contribution in [-0.2, 0) is 4.79 Å². The molecule has 0 unspecified atom stereocenters. The van der Waals surface area contributed by atoms with Crippen LogP contribution in [0.25, 0.3) is 11.3 Å². The van der Waals surface area contributed by atoms with Gasteiger partial charge in [0, 0.05) is 30.3 Å². The smallest absolute Gasteiger partial charge is 0.224 e. The summed E-state index contributed by atoms with van der Waals surface area (Å²) in [6, 6.07) is 12.7. The third-order valence-corrected chi connectivity index (χ3v) is 6.44. The number of hydrogen-bond donors (Lipinski definition) is 3. The predicted octanol–water partition coefficient (Wildman–Crippen LogP) is 7.01. The number of aryl methyl sites for hydroxylation is 1. The van der Waals surface area contributed by atoms with E-state index in [2.05, 4.69) is 30.9 Å². The van der Waals surface area contributed by atoms with Crippen LogP contribution in [0.15, 0.2) is 55.0 Å². The maximum absolute atomic E-state index is 12.0. The first-order valence-electron chi connectivity index (χ1n) is 11.7. The van der Waals surface area contributed by atoms with E-state index in [4.69, 9.17) is 32.7 Å². The molecule has 2 aromatic carbocycles. The summed E-state index contributed by atoms with van der Waals surface area (Å²) in [7, 11) is 3.01. The minimum Gasteiger partial charge on any atom is -0.495 e. The standard InChI is InChI=1S/C27H26Cl2N6O3/c1-5-22(36)33-17-10-6-8-15(2)25(17)34-21-12-18(31-14-32-21)16-9-7-11-30-27(16)35-26-23(28)19(37-3)13-20(38-4)24(26)29/h6-14H,5H2,1-4H3,(H,30,35)(H,33,36)(H,31,32,34). The van der Waals surface area contributed by atoms with Gasteiger partial charge in [0.2, 0.25) is 5.91 Å². The number of ether oxygens (including phenoxy) is 2. The average Bonchev–Trinajstić information content (AvgIpc) is 2.93. The Kier molecular flexibility index (Phi) is 8.50. The highest BCUT2D eigenvalue weighted by atomic mass is 35.5. The molecule has 0 fully saturated rings. The number of amides is 1. The van der Waals surface area contributed by atoms with Gasteiger partial charge >= 0.3 is 0 Å². The number of anilines is 5. The van der Waals surface area contributed by atoms with Crippen molar-refractivity contribution < 1.29 is 14.3 Å². The Labute approximate surface area is 230 Å². The molecule has 0 aliphatic carbocycles. The number of nitrogens with zero attached hydrogens (tertiary/aromatic N) is 3. The lowest BCUT2D eigenvalue weighted by Crippen LogP contribution is -2.11. The number of hydrogen-bond acceptors (Lipinski definition) is 8. The molecular formula is C27H26Cl2N6O3. The van der Waals surface area contributed by atoms with Crippen molar-refractivity contribution in [2.24, 2.45) is 0 Å². The van der Waals surface area contributed by atoms with Gasteiger partial charge in [0.15, 0.2) is 0 Å². The quantitative estimate of drug-likeness (QED) is 0.203. The van der Waals surface area contributed by atoms with E-state index in [1.54, 1.807) is 31.3 Å². The Morgan fingerprint density at radius 1 is 0.921 bits per heavy atom. The fraction of sp³-hybridized carbons (Fsp3) is 0.185. The second kappa shape index (κ2) is 12.0. The highest BCUT2D eigenvalue weighted by Crippen LogP contribution is 2.45. The SMILES string of the molecule is CCC(=O)Nc1cccc(C)c1Nc1cc(-c2cccnc2Nc2c(Cl)c(OC)cc(OC)c2Cl)ncn1. The number of benzene rings is 2. The van der Waals surface area contributed by atoms with Crippen LogP contribution in [0.3, 0.4) is 0 Å². The minimum absolute atomic E-state index is 0.0837. The fourth-order valence-electron chi connectivity index (χ4n) is 3.70. The lowest BCUT2D eigenvalue weighted by Gasteiger charge is -2.17. The second-order valence-corrected chi connectivity index (χ2v) is 8.88. The molecule has 1 amide bonds. The Bertz CT molecular complexity index is 1450. The van der Waals surface area contributed by atoms with Crippen molar-refractivity contribution in [2.75, 3.05) is 30.2 Å². The highest BCUT2D eigenvalue weighted by molar-refractivity contribution is 6.41. The van der Waals surface area contributed by atoms with E-state index in [-0.39, 0.29) is 16.0 Å². The van der Waals surface area contributed by atoms with Gasteiger partial charge in [0.05, 0.1) is 37.0 Å². The lowest BCUT2D eigenvalue weighted by atomic mass is 10.1. The van der Waals surface area contributed by atoms with Crippen LogP contribution in [-0.4, -0.2) is 35.1 Å². The van der Waals surface area contributed by atoms with Crippen molar-refractivity contribution in [1.29, 1.82) is 0 Å². The summed E-state index contributed by atoms with van der Waals surface area (Å²) < 4.78 is 10.7. The number of halogens is 2. The molecule has 0 atom stereocenters. The van der Waals surface area contributed by atoms with E-state index in [0.717, 1.165) is 11.3 Å². The zero-order valence-electron chi connectivity index (χ0n) is 21.2. The number of carbonyl (C=O) groups is 1. The molecule has 3 N–H and O–H groups in total. The molecule has 0 saturated heterocycles. The highest BCUT2D eigenvalue weighted by Gasteiger charge is 2.20. The summed E-state index contributed by atoms with van der Waals surface area (Å²) in [6.07, 6.45) is 3.46. The third kappa shape index (κ3) is 5.74. The molecule has 38 heavy (non-hydrogen) atoms. The van der Waals surface area contributed by atoms with E-state index < -0.39 is 0 Å². The normalized spacial score (nSPS) is 10.6. The molecule has 0 aliphatic heterocycles. The summed E-state index contributed by atoms with van der Waals surface area (Å²) >= 11 is 13.1. The summed E-state index contributed by atoms with van der Waals surface area (Å²) in [4.78, 5) is 25.4. The predicted molar refractivity (Wildman–Crippen MR) is 151 cm³/mol. The zero-order valence-corrected chi connectivity index (χ0v) is 22.7. The first kappa shape index (κ1) is 27.0. The Morgan fingerprint density at radius 2 is 1.66 bits per heavy atom. The van der Waals surface area contributed by atoms with Crippen LogP contribution in [0.1, 0.15) is 18.9 Å². The number of aromatic nitrogens is 3. The molecule has 4 aromatic rings. The number of carbonyl (C=O) groups excluding carboxylic acids is 1. The molecule has 2 aromatic heterocycles. The summed E-state index contributed by atoms with van der Waals surface area (Å²) in [5, 5.41) is 10.0. The summed E-state index contributed by atoms with van der Waals surface area (Å²) in [5.41, 5.74) is 4.00. The maximum Gasteiger partial charge on any atom is 0.224 e. The molecule has 0 radical (unpaired) electrons. The average molecular weight is 553 g/mol. The number of nitrogens with one attached hydrogen (secondary N) is 3. The molecule has 0 saturated carbocycles. The van der Waals surface area contributed by atoms with Gasteiger partial charge in [0.1, 0.15) is 39.5 Å². The lowest BCUT2D eigenvalue weighted by molar-refractivity contribution is -0.115. The van der Waals surface area contributed by atoms with Gasteiger partial charge in [-0.25, -0.2) is 15.0 Å². The largest absolute Gasteiger partial charge is 0.495 e. The molecule has 196 valence electrons. The summed E-state index contributed by atoms with van der Waals surface area (Å²) in [6.45, 7) is 3.75. The summed E-state index contributed by atoms with van der Waals surface area (Å²) in [5.74, 6) is 1.70. The maximum atomic E-state index is 12.0. The van der Waals surface area contributed by atoms with Crippen LogP contribution in [0.2, 0.25) is 10.0 Å². The van der Waals surface area contributed by atoms with Crippen molar-refractivity contribution in [3.05, 3.63) is 70.6 Å². The topological polar surface area (TPSA) is 110 Å². The molecule has 4 rings (SSSR count). The van der Waals surface area contributed by atoms with Crippen LogP contribution in [0.5, 0.6) is 11.5 Å². The monoisotopic (exact) mass is 552 g/mol. The Hall–Kier alpha value is -4.08. The minimum atomic E-state index is -0.0837. The number of rotatable bonds is 9. The van der Waals surface area contributed by atoms with Gasteiger partial charge in [-0.05, 0) is 30.7 Å². The molecule has 0 spiro atoms. The van der Waals surface area contributed by atoms with Crippen LogP contribution in [0.4, 0.5) is 28.7 Å². The van der Waals surface area contributed by atoms with E-state index in [0.29, 0.717) is 52.2 Å². The van der Waals surface area contributed by atoms with Gasteiger partial charge in [-0.1, -0.05) is 42.3 Å². The van der Waals surface area contributed by atoms with Crippen molar-refractivity contribution in [3.8, 4) is 22.8 Å². The van der Waals surface area contributed by atoms with Crippen LogP contribution in [0, 0.1) is 6.92 Å². The van der Waals surface area contributed by atoms with Gasteiger partial charge in [-0.3, -0.25) is 4.79 Å². The van der Waals surface area contributed by atoms with Crippen LogP contribution >= 0.6 is 23.2 Å². The molecule has 2 heterocycles. The van der Waals surface area contributed by atoms with Gasteiger partial charge in [-0.15, -0.1) is 0 Å². The molecular weight excluding hydrogens is 527 g/mol. The molecule has 11 heteroatoms. The first-order chi connectivity index (χ1) is 18.4. The van der Waals surface area contributed by atoms with Crippen LogP contribution < -0.4 is 25.4 Å². The number of methoxy groups -OCH3 is 2. The molecule has 0 aliphatic rings. The van der Waals surface area contributed by atoms with Crippen molar-refractivity contribution >= 4 is 57.8 Å². The first-order valence-corrected chi connectivity index (χ1v) is 12.4. The van der Waals surface area contributed by atoms with Crippen molar-refractivity contribution in [2.45, 2.75) is 20.3 Å². The van der Waals surface area contributed by atoms with Gasteiger partial charge in [0.25, 0.3) is 0 Å². The Balaban J connectivity index is 1.71. The Morgan fingerprint density at radius 3 is 2.34 bits per heavy atom. The zero-order chi connectivity index (χ0) is 27.2. The fourth-order valence-corrected chi connectivity index (χ4v) is 4.30. The number of pyridine rings is 1. The van der Waals surface area contributed by atoms with E-state index in [9.17, 15) is 4.79 Å². The van der Waals surface area contributed by atoms with Gasteiger partial charge < -0.3 is 25.4 Å². The number of para-hydroxylation sites is 1. The molecule has 9 nitrogen and oxygen atoms in total. The van der Waals surface area contributed by atoms with Gasteiger partial charge in [-0.2, -0.15) is 0 Å².